The molecular formula is C11H14ClNO. The molecule has 1 aromatic rings. The molecule has 1 saturated heterocycles. The molecule has 1 heterocycles. The molecule has 0 spiro atoms. The first-order valence-electron chi connectivity index (χ1n) is 4.70. The maximum atomic E-state index is 5.81. The molecule has 3 heteroatoms. The quantitative estimate of drug-likeness (QED) is 0.662. The molecule has 0 bridgehead atoms. The molecule has 1 aromatic carbocycles. The van der Waals surface area contributed by atoms with Gasteiger partial charge in [0.25, 0.3) is 0 Å². The van der Waals surface area contributed by atoms with E-state index in [4.69, 9.17) is 16.4 Å². The monoisotopic (exact) mass is 211 g/mol. The van der Waals surface area contributed by atoms with Crippen LogP contribution in [0, 0.1) is 0 Å². The van der Waals surface area contributed by atoms with Gasteiger partial charge in [0.1, 0.15) is 0 Å². The largest absolute Gasteiger partial charge is 0.269 e. The van der Waals surface area contributed by atoms with Crippen molar-refractivity contribution in [3.05, 3.63) is 34.9 Å². The van der Waals surface area contributed by atoms with Crippen molar-refractivity contribution < 1.29 is 4.84 Å². The van der Waals surface area contributed by atoms with E-state index in [-0.39, 0.29) is 11.8 Å². The fraction of sp³-hybridized carbons (Fsp3) is 0.455. The lowest BCUT2D eigenvalue weighted by molar-refractivity contribution is 0.101. The fourth-order valence-corrected chi connectivity index (χ4v) is 1.54. The SMILES string of the molecule is CC(C)(C)N1O[C@@H]1c1ccc(Cl)cc1. The van der Waals surface area contributed by atoms with Gasteiger partial charge in [0.15, 0.2) is 6.23 Å². The predicted molar refractivity (Wildman–Crippen MR) is 56.9 cm³/mol. The van der Waals surface area contributed by atoms with Crippen molar-refractivity contribution in [1.82, 2.24) is 5.06 Å². The molecule has 0 amide bonds. The van der Waals surface area contributed by atoms with Gasteiger partial charge in [-0.15, -0.1) is 5.06 Å². The first-order chi connectivity index (χ1) is 6.48. The summed E-state index contributed by atoms with van der Waals surface area (Å²) < 4.78 is 0. The fourth-order valence-electron chi connectivity index (χ4n) is 1.41. The van der Waals surface area contributed by atoms with Gasteiger partial charge in [-0.05, 0) is 38.5 Å². The third kappa shape index (κ3) is 1.92. The Hall–Kier alpha value is -0.570. The molecule has 0 aromatic heterocycles. The van der Waals surface area contributed by atoms with Gasteiger partial charge in [0.05, 0.1) is 0 Å². The maximum Gasteiger partial charge on any atom is 0.180 e. The second-order valence-corrected chi connectivity index (χ2v) is 4.94. The van der Waals surface area contributed by atoms with Crippen molar-refractivity contribution in [3.8, 4) is 0 Å². The average Bonchev–Trinajstić information content (AvgIpc) is 2.83. The topological polar surface area (TPSA) is 15.5 Å². The summed E-state index contributed by atoms with van der Waals surface area (Å²) in [5, 5.41) is 2.74. The van der Waals surface area contributed by atoms with Crippen molar-refractivity contribution in [2.24, 2.45) is 0 Å². The molecule has 0 radical (unpaired) electrons. The third-order valence-corrected chi connectivity index (χ3v) is 2.45. The van der Waals surface area contributed by atoms with Crippen molar-refractivity contribution in [1.29, 1.82) is 0 Å². The van der Waals surface area contributed by atoms with E-state index in [1.54, 1.807) is 0 Å². The van der Waals surface area contributed by atoms with E-state index >= 15 is 0 Å². The summed E-state index contributed by atoms with van der Waals surface area (Å²) in [5.74, 6) is 0. The van der Waals surface area contributed by atoms with Crippen molar-refractivity contribution in [3.63, 3.8) is 0 Å². The molecule has 1 unspecified atom stereocenters. The van der Waals surface area contributed by atoms with E-state index in [0.717, 1.165) is 10.6 Å². The van der Waals surface area contributed by atoms with Gasteiger partial charge in [0, 0.05) is 10.6 Å². The Morgan fingerprint density at radius 2 is 1.79 bits per heavy atom. The van der Waals surface area contributed by atoms with Gasteiger partial charge in [-0.1, -0.05) is 23.7 Å². The second kappa shape index (κ2) is 3.23. The zero-order valence-corrected chi connectivity index (χ0v) is 9.38. The summed E-state index contributed by atoms with van der Waals surface area (Å²) in [6, 6.07) is 7.77. The molecule has 0 aliphatic carbocycles. The molecule has 2 nitrogen and oxygen atoms in total. The van der Waals surface area contributed by atoms with Crippen LogP contribution in [-0.4, -0.2) is 10.6 Å². The van der Waals surface area contributed by atoms with Crippen LogP contribution in [0.3, 0.4) is 0 Å². The summed E-state index contributed by atoms with van der Waals surface area (Å²) in [6.07, 6.45) is 0.104. The Labute approximate surface area is 89.4 Å². The van der Waals surface area contributed by atoms with E-state index in [9.17, 15) is 0 Å². The Bertz CT molecular complexity index is 328. The molecule has 1 fully saturated rings. The zero-order chi connectivity index (χ0) is 10.3. The molecule has 76 valence electrons. The molecule has 2 rings (SSSR count). The summed E-state index contributed by atoms with van der Waals surface area (Å²) in [6.45, 7) is 6.38. The number of benzene rings is 1. The average molecular weight is 212 g/mol. The van der Waals surface area contributed by atoms with Gasteiger partial charge in [-0.25, -0.2) is 0 Å². The first kappa shape index (κ1) is 9.97. The Morgan fingerprint density at radius 1 is 1.21 bits per heavy atom. The second-order valence-electron chi connectivity index (χ2n) is 4.51. The van der Waals surface area contributed by atoms with Crippen molar-refractivity contribution >= 4 is 11.6 Å². The number of rotatable bonds is 1. The Morgan fingerprint density at radius 3 is 2.21 bits per heavy atom. The van der Waals surface area contributed by atoms with Crippen LogP contribution in [0.2, 0.25) is 5.02 Å². The summed E-state index contributed by atoms with van der Waals surface area (Å²) >= 11 is 5.81. The van der Waals surface area contributed by atoms with Gasteiger partial charge in [0.2, 0.25) is 0 Å². The van der Waals surface area contributed by atoms with Crippen LogP contribution >= 0.6 is 11.6 Å². The molecule has 1 aliphatic rings. The Kier molecular flexibility index (Phi) is 2.30. The standard InChI is InChI=1S/C11H14ClNO/c1-11(2,3)13-10(14-13)8-4-6-9(12)7-5-8/h4-7,10H,1-3H3/t10-,13?/m1/s1. The maximum absolute atomic E-state index is 5.81. The van der Waals surface area contributed by atoms with E-state index in [0.29, 0.717) is 0 Å². The number of halogens is 1. The van der Waals surface area contributed by atoms with Crippen molar-refractivity contribution in [2.45, 2.75) is 32.5 Å². The van der Waals surface area contributed by atoms with E-state index < -0.39 is 0 Å². The highest BCUT2D eigenvalue weighted by molar-refractivity contribution is 6.30. The lowest BCUT2D eigenvalue weighted by atomic mass is 10.1. The van der Waals surface area contributed by atoms with Crippen molar-refractivity contribution in [2.75, 3.05) is 0 Å². The number of hydrogen-bond acceptors (Lipinski definition) is 2. The first-order valence-corrected chi connectivity index (χ1v) is 5.08. The summed E-state index contributed by atoms with van der Waals surface area (Å²) in [7, 11) is 0. The molecule has 14 heavy (non-hydrogen) atoms. The van der Waals surface area contributed by atoms with E-state index in [1.165, 1.54) is 0 Å². The molecule has 0 N–H and O–H groups in total. The minimum Gasteiger partial charge on any atom is -0.269 e. The summed E-state index contributed by atoms with van der Waals surface area (Å²) in [4.78, 5) is 5.50. The van der Waals surface area contributed by atoms with E-state index in [2.05, 4.69) is 20.8 Å². The van der Waals surface area contributed by atoms with Crippen LogP contribution in [0.25, 0.3) is 0 Å². The minimum absolute atomic E-state index is 0.0598. The molecule has 1 aliphatic heterocycles. The van der Waals surface area contributed by atoms with Crippen LogP contribution in [0.5, 0.6) is 0 Å². The van der Waals surface area contributed by atoms with Crippen LogP contribution in [0.15, 0.2) is 24.3 Å². The van der Waals surface area contributed by atoms with Gasteiger partial charge < -0.3 is 0 Å². The highest BCUT2D eigenvalue weighted by Gasteiger charge is 2.45. The zero-order valence-electron chi connectivity index (χ0n) is 8.62. The molecular weight excluding hydrogens is 198 g/mol. The number of hydroxylamine groups is 2. The Balaban J connectivity index is 2.10. The van der Waals surface area contributed by atoms with Crippen LogP contribution in [0.1, 0.15) is 32.6 Å². The number of hydrogen-bond donors (Lipinski definition) is 0. The smallest absolute Gasteiger partial charge is 0.180 e. The normalized spacial score (nSPS) is 26.3. The minimum atomic E-state index is 0.0598. The number of nitrogens with zero attached hydrogens (tertiary/aromatic N) is 1. The van der Waals surface area contributed by atoms with Crippen LogP contribution < -0.4 is 0 Å². The van der Waals surface area contributed by atoms with E-state index in [1.807, 2.05) is 29.3 Å². The lowest BCUT2D eigenvalue weighted by Crippen LogP contribution is -2.25. The molecule has 2 atom stereocenters. The predicted octanol–water partition coefficient (Wildman–Crippen LogP) is 3.38. The molecule has 0 saturated carbocycles. The lowest BCUT2D eigenvalue weighted by Gasteiger charge is -2.16. The van der Waals surface area contributed by atoms with Gasteiger partial charge in [-0.3, -0.25) is 4.84 Å². The third-order valence-electron chi connectivity index (χ3n) is 2.20. The highest BCUT2D eigenvalue weighted by Crippen LogP contribution is 2.43. The highest BCUT2D eigenvalue weighted by atomic mass is 35.5. The van der Waals surface area contributed by atoms with Crippen LogP contribution in [-0.2, 0) is 4.84 Å². The van der Waals surface area contributed by atoms with Gasteiger partial charge in [-0.2, -0.15) is 0 Å². The van der Waals surface area contributed by atoms with Crippen LogP contribution in [0.4, 0.5) is 0 Å². The van der Waals surface area contributed by atoms with Gasteiger partial charge >= 0.3 is 0 Å². The summed E-state index contributed by atoms with van der Waals surface area (Å²) in [5.41, 5.74) is 1.22.